The van der Waals surface area contributed by atoms with Crippen LogP contribution >= 0.6 is 11.8 Å². The van der Waals surface area contributed by atoms with Gasteiger partial charge >= 0.3 is 10.1 Å². The summed E-state index contributed by atoms with van der Waals surface area (Å²) >= 11 is 0.977. The van der Waals surface area contributed by atoms with Gasteiger partial charge in [-0.05, 0) is 41.6 Å². The van der Waals surface area contributed by atoms with Gasteiger partial charge in [0, 0.05) is 6.07 Å². The molecular formula is C16H11N3O6S2. The molecule has 1 saturated heterocycles. The Morgan fingerprint density at radius 2 is 1.81 bits per heavy atom. The maximum Gasteiger partial charge on any atom is 0.346 e. The van der Waals surface area contributed by atoms with Crippen molar-refractivity contribution in [2.75, 3.05) is 0 Å². The zero-order valence-corrected chi connectivity index (χ0v) is 15.0. The number of thioether (sulfide) groups is 1. The van der Waals surface area contributed by atoms with Crippen molar-refractivity contribution in [3.05, 3.63) is 69.1 Å². The molecule has 9 nitrogen and oxygen atoms in total. The Bertz CT molecular complexity index is 1080. The largest absolute Gasteiger partial charge is 0.379 e. The third-order valence-corrected chi connectivity index (χ3v) is 5.50. The minimum absolute atomic E-state index is 0.0294. The summed E-state index contributed by atoms with van der Waals surface area (Å²) in [4.78, 5) is 21.6. The van der Waals surface area contributed by atoms with Gasteiger partial charge in [0.2, 0.25) is 0 Å². The van der Waals surface area contributed by atoms with Crippen LogP contribution in [0, 0.1) is 15.5 Å². The number of hydrogen-bond donors (Lipinski definition) is 2. The normalized spacial score (nSPS) is 15.6. The number of rotatable bonds is 5. The van der Waals surface area contributed by atoms with E-state index < -0.39 is 25.6 Å². The van der Waals surface area contributed by atoms with Gasteiger partial charge in [0.05, 0.1) is 9.83 Å². The molecular weight excluding hydrogens is 394 g/mol. The number of carbonyl (C=O) groups excluding carboxylic acids is 1. The van der Waals surface area contributed by atoms with E-state index in [-0.39, 0.29) is 16.8 Å². The number of benzene rings is 2. The van der Waals surface area contributed by atoms with Crippen LogP contribution in [0.25, 0.3) is 6.08 Å². The molecule has 0 aliphatic carbocycles. The molecule has 11 heteroatoms. The zero-order chi connectivity index (χ0) is 19.6. The van der Waals surface area contributed by atoms with Crippen molar-refractivity contribution < 1.29 is 22.3 Å². The summed E-state index contributed by atoms with van der Waals surface area (Å²) in [7, 11) is -4.39. The molecule has 1 aliphatic heterocycles. The first kappa shape index (κ1) is 18.6. The summed E-state index contributed by atoms with van der Waals surface area (Å²) in [6.45, 7) is 0. The number of nitrogens with zero attached hydrogens (tertiary/aromatic N) is 1. The van der Waals surface area contributed by atoms with Crippen LogP contribution < -0.4 is 9.50 Å². The fraction of sp³-hybridized carbons (Fsp3) is 0. The third kappa shape index (κ3) is 4.15. The van der Waals surface area contributed by atoms with E-state index in [4.69, 9.17) is 9.59 Å². The van der Waals surface area contributed by atoms with Gasteiger partial charge in [-0.2, -0.15) is 8.42 Å². The van der Waals surface area contributed by atoms with Crippen molar-refractivity contribution >= 4 is 44.7 Å². The Labute approximate surface area is 157 Å². The Balaban J connectivity index is 1.83. The third-order valence-electron chi connectivity index (χ3n) is 3.38. The Hall–Kier alpha value is -3.18. The van der Waals surface area contributed by atoms with E-state index in [0.717, 1.165) is 23.9 Å². The minimum atomic E-state index is -4.39. The van der Waals surface area contributed by atoms with E-state index in [1.807, 2.05) is 0 Å². The summed E-state index contributed by atoms with van der Waals surface area (Å²) in [5.74, 6) is -0.420. The van der Waals surface area contributed by atoms with Gasteiger partial charge in [-0.3, -0.25) is 20.3 Å². The number of amides is 1. The van der Waals surface area contributed by atoms with Crippen LogP contribution in [0.15, 0.2) is 58.3 Å². The molecule has 1 fully saturated rings. The van der Waals surface area contributed by atoms with E-state index >= 15 is 0 Å². The van der Waals surface area contributed by atoms with Gasteiger partial charge in [-0.15, -0.1) is 0 Å². The molecule has 0 aromatic heterocycles. The summed E-state index contributed by atoms with van der Waals surface area (Å²) in [6, 6.07) is 10.7. The fourth-order valence-electron chi connectivity index (χ4n) is 2.20. The summed E-state index contributed by atoms with van der Waals surface area (Å²) in [5.41, 5.74) is 0.0170. The summed E-state index contributed by atoms with van der Waals surface area (Å²) in [6.07, 6.45) is 1.54. The van der Waals surface area contributed by atoms with E-state index in [9.17, 15) is 23.3 Å². The van der Waals surface area contributed by atoms with E-state index in [1.165, 1.54) is 36.4 Å². The van der Waals surface area contributed by atoms with Gasteiger partial charge in [-0.1, -0.05) is 24.3 Å². The van der Waals surface area contributed by atoms with Crippen molar-refractivity contribution in [2.24, 2.45) is 0 Å². The Morgan fingerprint density at radius 3 is 2.41 bits per heavy atom. The molecule has 2 aromatic rings. The molecule has 138 valence electrons. The SMILES string of the molecule is N=C1NC(=O)/C(=C/c2ccc(OS(=O)(=O)c3ccccc3[N+](=O)[O-])cc2)S1. The number of para-hydroxylation sites is 1. The molecule has 1 amide bonds. The molecule has 2 N–H and O–H groups in total. The minimum Gasteiger partial charge on any atom is -0.379 e. The summed E-state index contributed by atoms with van der Waals surface area (Å²) < 4.78 is 29.7. The highest BCUT2D eigenvalue weighted by Crippen LogP contribution is 2.28. The van der Waals surface area contributed by atoms with Gasteiger partial charge in [0.1, 0.15) is 5.75 Å². The maximum atomic E-state index is 12.4. The lowest BCUT2D eigenvalue weighted by atomic mass is 10.2. The number of amidine groups is 1. The van der Waals surface area contributed by atoms with Crippen LogP contribution in [0.5, 0.6) is 5.75 Å². The molecule has 1 aliphatic rings. The van der Waals surface area contributed by atoms with Crippen LogP contribution in [0.3, 0.4) is 0 Å². The average molecular weight is 405 g/mol. The molecule has 27 heavy (non-hydrogen) atoms. The molecule has 0 radical (unpaired) electrons. The van der Waals surface area contributed by atoms with Crippen LogP contribution in [0.1, 0.15) is 5.56 Å². The van der Waals surface area contributed by atoms with Gasteiger partial charge in [-0.25, -0.2) is 0 Å². The lowest BCUT2D eigenvalue weighted by Gasteiger charge is -2.07. The maximum absolute atomic E-state index is 12.4. The van der Waals surface area contributed by atoms with Crippen molar-refractivity contribution in [1.29, 1.82) is 5.41 Å². The highest BCUT2D eigenvalue weighted by Gasteiger charge is 2.27. The van der Waals surface area contributed by atoms with Gasteiger partial charge in [0.25, 0.3) is 11.6 Å². The molecule has 1 heterocycles. The second-order valence-electron chi connectivity index (χ2n) is 5.23. The lowest BCUT2D eigenvalue weighted by Crippen LogP contribution is -2.18. The smallest absolute Gasteiger partial charge is 0.346 e. The van der Waals surface area contributed by atoms with Gasteiger partial charge in [0.15, 0.2) is 10.1 Å². The summed E-state index contributed by atoms with van der Waals surface area (Å²) in [5, 5.41) is 20.8. The monoisotopic (exact) mass is 405 g/mol. The van der Waals surface area contributed by atoms with E-state index in [0.29, 0.717) is 10.5 Å². The van der Waals surface area contributed by atoms with Gasteiger partial charge < -0.3 is 9.50 Å². The number of nitro benzene ring substituents is 1. The first-order valence-corrected chi connectivity index (χ1v) is 9.56. The van der Waals surface area contributed by atoms with Crippen molar-refractivity contribution in [2.45, 2.75) is 4.90 Å². The molecule has 0 atom stereocenters. The first-order chi connectivity index (χ1) is 12.8. The van der Waals surface area contributed by atoms with E-state index in [1.54, 1.807) is 6.08 Å². The van der Waals surface area contributed by atoms with Crippen molar-refractivity contribution in [1.82, 2.24) is 5.32 Å². The van der Waals surface area contributed by atoms with Crippen LogP contribution in [-0.2, 0) is 14.9 Å². The van der Waals surface area contributed by atoms with Crippen molar-refractivity contribution in [3.63, 3.8) is 0 Å². The molecule has 0 unspecified atom stereocenters. The second kappa shape index (κ2) is 7.21. The number of nitrogens with one attached hydrogen (secondary N) is 2. The number of hydrogen-bond acceptors (Lipinski definition) is 8. The molecule has 0 bridgehead atoms. The quantitative estimate of drug-likeness (QED) is 0.337. The van der Waals surface area contributed by atoms with Crippen molar-refractivity contribution in [3.8, 4) is 5.75 Å². The van der Waals surface area contributed by atoms with Crippen LogP contribution in [-0.4, -0.2) is 24.4 Å². The topological polar surface area (TPSA) is 139 Å². The lowest BCUT2D eigenvalue weighted by molar-refractivity contribution is -0.387. The fourth-order valence-corrected chi connectivity index (χ4v) is 4.00. The number of carbonyl (C=O) groups is 1. The Morgan fingerprint density at radius 1 is 1.15 bits per heavy atom. The second-order valence-corrected chi connectivity index (χ2v) is 7.79. The predicted octanol–water partition coefficient (Wildman–Crippen LogP) is 2.50. The standard InChI is InChI=1S/C16H11N3O6S2/c17-16-18-15(20)13(26-16)9-10-5-7-11(8-6-10)25-27(23,24)14-4-2-1-3-12(14)19(21)22/h1-9H,(H2,17,18,20)/b13-9-. The molecule has 2 aromatic carbocycles. The first-order valence-electron chi connectivity index (χ1n) is 7.34. The highest BCUT2D eigenvalue weighted by molar-refractivity contribution is 8.18. The predicted molar refractivity (Wildman–Crippen MR) is 98.8 cm³/mol. The zero-order valence-electron chi connectivity index (χ0n) is 13.4. The number of nitro groups is 1. The molecule has 0 spiro atoms. The van der Waals surface area contributed by atoms with E-state index in [2.05, 4.69) is 5.32 Å². The van der Waals surface area contributed by atoms with Crippen LogP contribution in [0.4, 0.5) is 5.69 Å². The molecule has 3 rings (SSSR count). The average Bonchev–Trinajstić information content (AvgIpc) is 2.93. The van der Waals surface area contributed by atoms with Crippen LogP contribution in [0.2, 0.25) is 0 Å². The molecule has 0 saturated carbocycles. The Kier molecular flexibility index (Phi) is 4.97. The highest BCUT2D eigenvalue weighted by atomic mass is 32.2.